The molecule has 1 saturated carbocycles. The smallest absolute Gasteiger partial charge is 0.472 e. The van der Waals surface area contributed by atoms with Crippen LogP contribution in [-0.2, 0) is 37.5 Å². The number of carbonyl (C=O) groups excluding carboxylic acids is 2. The van der Waals surface area contributed by atoms with E-state index in [0.717, 1.165) is 51.4 Å². The number of hydrogen-bond donors (Lipinski definition) is 6. The molecule has 59 heavy (non-hydrogen) atoms. The van der Waals surface area contributed by atoms with E-state index in [1.807, 2.05) is 12.2 Å². The first-order valence-electron chi connectivity index (χ1n) is 20.9. The quantitative estimate of drug-likeness (QED) is 0.0167. The molecule has 0 bridgehead atoms. The number of hydrogen-bond acceptors (Lipinski definition) is 12. The summed E-state index contributed by atoms with van der Waals surface area (Å²) in [6, 6.07) is -1.58. The van der Waals surface area contributed by atoms with Crippen LogP contribution < -0.4 is 5.73 Å². The van der Waals surface area contributed by atoms with Crippen LogP contribution in [0.2, 0.25) is 0 Å². The summed E-state index contributed by atoms with van der Waals surface area (Å²) in [4.78, 5) is 46.2. The Morgan fingerprint density at radius 2 is 1.39 bits per heavy atom. The van der Waals surface area contributed by atoms with Gasteiger partial charge in [-0.1, -0.05) is 118 Å². The lowest BCUT2D eigenvalue weighted by Crippen LogP contribution is -2.34. The number of phosphoric ester groups is 1. The molecule has 8 atom stereocenters. The molecule has 334 valence electrons. The van der Waals surface area contributed by atoms with Gasteiger partial charge in [0.15, 0.2) is 6.10 Å². The molecule has 1 rings (SSSR count). The minimum Gasteiger partial charge on any atom is -0.480 e. The van der Waals surface area contributed by atoms with Crippen LogP contribution in [0, 0.1) is 11.8 Å². The second-order valence-electron chi connectivity index (χ2n) is 14.4. The molecule has 0 aromatic rings. The van der Waals surface area contributed by atoms with Crippen molar-refractivity contribution in [1.82, 2.24) is 0 Å². The third kappa shape index (κ3) is 27.8. The van der Waals surface area contributed by atoms with E-state index in [4.69, 9.17) is 24.8 Å². The molecule has 0 heterocycles. The molecular formula is C44H70NO13P. The topological polar surface area (TPSA) is 232 Å². The number of nitrogens with two attached hydrogens (primary N) is 1. The third-order valence-electron chi connectivity index (χ3n) is 9.23. The average molecular weight is 852 g/mol. The van der Waals surface area contributed by atoms with E-state index >= 15 is 0 Å². The number of aliphatic carboxylic acids is 1. The Labute approximate surface area is 350 Å². The largest absolute Gasteiger partial charge is 0.480 e. The normalized spacial score (nSPS) is 21.5. The Bertz CT molecular complexity index is 1440. The van der Waals surface area contributed by atoms with Gasteiger partial charge in [-0.2, -0.15) is 0 Å². The number of carbonyl (C=O) groups is 3. The predicted octanol–water partition coefficient (Wildman–Crippen LogP) is 7.10. The Balaban J connectivity index is 2.62. The van der Waals surface area contributed by atoms with Crippen LogP contribution in [0.15, 0.2) is 85.1 Å². The van der Waals surface area contributed by atoms with E-state index in [2.05, 4.69) is 67.0 Å². The highest BCUT2D eigenvalue weighted by Gasteiger charge is 2.39. The summed E-state index contributed by atoms with van der Waals surface area (Å²) in [5.41, 5.74) is 5.32. The number of allylic oxidation sites excluding steroid dienone is 11. The number of ether oxygens (including phenoxy) is 2. The zero-order valence-electron chi connectivity index (χ0n) is 34.9. The zero-order chi connectivity index (χ0) is 43.7. The summed E-state index contributed by atoms with van der Waals surface area (Å²) in [6.45, 7) is 2.16. The maximum absolute atomic E-state index is 12.6. The SMILES string of the molecule is CC/C=C\C/C=C\C/C=C\C/C=C\C/C=C\CCCC(=O)O[C@H](COC(=O)C/C=C\C[C@H]1[C@@H](/C=C/[C@H](O)CCCCC)[C@H](O)C[C@@H]1O)COP(=O)(O)OC[C@H](N)C(=O)O. The predicted molar refractivity (Wildman–Crippen MR) is 228 cm³/mol. The highest BCUT2D eigenvalue weighted by atomic mass is 31.2. The van der Waals surface area contributed by atoms with Crippen molar-refractivity contribution in [3.8, 4) is 0 Å². The summed E-state index contributed by atoms with van der Waals surface area (Å²) < 4.78 is 32.5. The van der Waals surface area contributed by atoms with Crippen molar-refractivity contribution in [3.05, 3.63) is 85.1 Å². The molecule has 1 aliphatic carbocycles. The second kappa shape index (κ2) is 33.3. The molecule has 7 N–H and O–H groups in total. The molecule has 1 unspecified atom stereocenters. The molecule has 1 aliphatic rings. The standard InChI is InChI=1S/C44H70NO13P/c1-3-5-7-8-9-10-11-12-13-14-15-16-17-18-19-20-22-28-43(50)58-36(33-56-59(53,54)57-34-39(45)44(51)52)32-55-42(49)27-24-23-26-37-38(41(48)31-40(37)47)30-29-35(46)25-21-6-4-2/h5,7,9-10,12-13,15-16,18-19,23-24,29-30,35-41,46-48H,3-4,6,8,11,14,17,20-22,25-28,31-34,45H2,1-2H3,(H,51,52)(H,53,54)/b7-5-,10-9-,13-12-,16-15-,19-18-,24-23-,30-29+/t35-,36-,37+,38-,39+,40+,41-/m1/s1. The van der Waals surface area contributed by atoms with Gasteiger partial charge in [-0.25, -0.2) is 4.57 Å². The number of rotatable bonds is 33. The molecule has 1 fully saturated rings. The summed E-state index contributed by atoms with van der Waals surface area (Å²) in [7, 11) is -4.82. The molecule has 0 amide bonds. The molecule has 15 heteroatoms. The van der Waals surface area contributed by atoms with Crippen molar-refractivity contribution in [2.45, 2.75) is 141 Å². The lowest BCUT2D eigenvalue weighted by atomic mass is 9.89. The summed E-state index contributed by atoms with van der Waals surface area (Å²) >= 11 is 0. The summed E-state index contributed by atoms with van der Waals surface area (Å²) in [6.07, 6.45) is 33.7. The monoisotopic (exact) mass is 851 g/mol. The second-order valence-corrected chi connectivity index (χ2v) is 15.8. The van der Waals surface area contributed by atoms with Crippen molar-refractivity contribution < 1.29 is 62.8 Å². The molecular weight excluding hydrogens is 781 g/mol. The highest BCUT2D eigenvalue weighted by molar-refractivity contribution is 7.47. The number of aliphatic hydroxyl groups excluding tert-OH is 3. The Kier molecular flexibility index (Phi) is 30.2. The fraction of sp³-hybridized carbons (Fsp3) is 0.614. The molecule has 0 aromatic carbocycles. The maximum atomic E-state index is 12.6. The van der Waals surface area contributed by atoms with Gasteiger partial charge in [0.1, 0.15) is 12.6 Å². The van der Waals surface area contributed by atoms with Crippen molar-refractivity contribution >= 4 is 25.7 Å². The first-order valence-corrected chi connectivity index (χ1v) is 22.4. The third-order valence-corrected chi connectivity index (χ3v) is 10.2. The number of unbranched alkanes of at least 4 members (excludes halogenated alkanes) is 3. The van der Waals surface area contributed by atoms with Crippen molar-refractivity contribution in [2.24, 2.45) is 17.6 Å². The van der Waals surface area contributed by atoms with Crippen molar-refractivity contribution in [2.75, 3.05) is 19.8 Å². The first-order chi connectivity index (χ1) is 28.3. The first kappa shape index (κ1) is 53.6. The fourth-order valence-electron chi connectivity index (χ4n) is 5.89. The van der Waals surface area contributed by atoms with E-state index in [-0.39, 0.29) is 31.1 Å². The van der Waals surface area contributed by atoms with Gasteiger partial charge in [0.05, 0.1) is 37.9 Å². The maximum Gasteiger partial charge on any atom is 0.472 e. The number of esters is 2. The van der Waals surface area contributed by atoms with Gasteiger partial charge in [0.25, 0.3) is 0 Å². The fourth-order valence-corrected chi connectivity index (χ4v) is 6.67. The molecule has 0 saturated heterocycles. The number of carboxylic acids is 1. The number of carboxylic acid groups (broad SMARTS) is 1. The number of aliphatic hydroxyl groups is 3. The van der Waals surface area contributed by atoms with Crippen molar-refractivity contribution in [1.29, 1.82) is 0 Å². The molecule has 0 radical (unpaired) electrons. The Morgan fingerprint density at radius 3 is 2.00 bits per heavy atom. The van der Waals surface area contributed by atoms with Crippen LogP contribution in [-0.4, -0.2) is 93.5 Å². The van der Waals surface area contributed by atoms with E-state index in [1.54, 1.807) is 24.3 Å². The van der Waals surface area contributed by atoms with Crippen LogP contribution in [0.3, 0.4) is 0 Å². The molecule has 0 aromatic heterocycles. The van der Waals surface area contributed by atoms with Gasteiger partial charge in [0, 0.05) is 18.8 Å². The lowest BCUT2D eigenvalue weighted by Gasteiger charge is -2.20. The van der Waals surface area contributed by atoms with Crippen LogP contribution in [0.25, 0.3) is 0 Å². The van der Waals surface area contributed by atoms with Crippen LogP contribution >= 0.6 is 7.82 Å². The highest BCUT2D eigenvalue weighted by Crippen LogP contribution is 2.43. The van der Waals surface area contributed by atoms with Crippen LogP contribution in [0.1, 0.15) is 110 Å². The van der Waals surface area contributed by atoms with Crippen molar-refractivity contribution in [3.63, 3.8) is 0 Å². The Hall–Kier alpha value is -3.46. The van der Waals surface area contributed by atoms with Gasteiger partial charge in [-0.3, -0.25) is 23.4 Å². The molecule has 14 nitrogen and oxygen atoms in total. The Morgan fingerprint density at radius 1 is 0.780 bits per heavy atom. The summed E-state index contributed by atoms with van der Waals surface area (Å²) in [5, 5.41) is 40.2. The lowest BCUT2D eigenvalue weighted by molar-refractivity contribution is -0.160. The van der Waals surface area contributed by atoms with Gasteiger partial charge in [-0.15, -0.1) is 0 Å². The minimum atomic E-state index is -4.82. The van der Waals surface area contributed by atoms with E-state index in [1.165, 1.54) is 0 Å². The van der Waals surface area contributed by atoms with Gasteiger partial charge in [-0.05, 0) is 63.7 Å². The number of phosphoric acid groups is 1. The van der Waals surface area contributed by atoms with Gasteiger partial charge < -0.3 is 40.5 Å². The zero-order valence-corrected chi connectivity index (χ0v) is 35.8. The minimum absolute atomic E-state index is 0.0119. The molecule has 0 spiro atoms. The van der Waals surface area contributed by atoms with Gasteiger partial charge in [0.2, 0.25) is 0 Å². The summed E-state index contributed by atoms with van der Waals surface area (Å²) in [5.74, 6) is -3.49. The van der Waals surface area contributed by atoms with Crippen LogP contribution in [0.4, 0.5) is 0 Å². The van der Waals surface area contributed by atoms with Crippen LogP contribution in [0.5, 0.6) is 0 Å². The molecule has 0 aliphatic heterocycles. The average Bonchev–Trinajstić information content (AvgIpc) is 3.47. The van der Waals surface area contributed by atoms with E-state index in [0.29, 0.717) is 25.7 Å². The van der Waals surface area contributed by atoms with E-state index in [9.17, 15) is 39.2 Å². The van der Waals surface area contributed by atoms with Gasteiger partial charge >= 0.3 is 25.7 Å². The van der Waals surface area contributed by atoms with E-state index < -0.39 is 76.0 Å².